The predicted molar refractivity (Wildman–Crippen MR) is 123 cm³/mol. The summed E-state index contributed by atoms with van der Waals surface area (Å²) in [6, 6.07) is 7.85. The van der Waals surface area contributed by atoms with E-state index in [4.69, 9.17) is 4.74 Å². The zero-order valence-corrected chi connectivity index (χ0v) is 19.6. The van der Waals surface area contributed by atoms with Gasteiger partial charge in [-0.05, 0) is 18.9 Å². The van der Waals surface area contributed by atoms with Crippen LogP contribution >= 0.6 is 0 Å². The average molecular weight is 443 g/mol. The summed E-state index contributed by atoms with van der Waals surface area (Å²) in [4.78, 5) is 42.2. The van der Waals surface area contributed by atoms with E-state index >= 15 is 0 Å². The molecule has 8 heteroatoms. The predicted octanol–water partition coefficient (Wildman–Crippen LogP) is 3.70. The summed E-state index contributed by atoms with van der Waals surface area (Å²) in [7, 11) is 0. The number of carbonyl (C=O) groups excluding carboxylic acids is 3. The van der Waals surface area contributed by atoms with Crippen molar-refractivity contribution in [1.82, 2.24) is 14.9 Å². The molecule has 0 saturated carbocycles. The smallest absolute Gasteiger partial charge is 0.333 e. The standard InChI is InChI=1S/C24H34N4O4/c1-6-8-14-18(26-23(31)24(3,4)5)21(29)27-19-15-28(16-25-19)20(22(30)32-7-2)17-12-10-9-11-13-17/h9-13,15-16,18,20H,6-8,14H2,1-5H3,(H,26,31)(H,27,29)/t18-,20?/m1/s1. The summed E-state index contributed by atoms with van der Waals surface area (Å²) < 4.78 is 6.85. The third kappa shape index (κ3) is 6.93. The van der Waals surface area contributed by atoms with E-state index in [2.05, 4.69) is 15.6 Å². The van der Waals surface area contributed by atoms with Gasteiger partial charge >= 0.3 is 5.97 Å². The van der Waals surface area contributed by atoms with Crippen molar-refractivity contribution in [2.45, 2.75) is 66.0 Å². The first kappa shape index (κ1) is 25.1. The fraction of sp³-hybridized carbons (Fsp3) is 0.500. The second kappa shape index (κ2) is 11.5. The topological polar surface area (TPSA) is 102 Å². The van der Waals surface area contributed by atoms with Gasteiger partial charge in [-0.2, -0.15) is 0 Å². The van der Waals surface area contributed by atoms with Crippen molar-refractivity contribution in [3.05, 3.63) is 48.4 Å². The molecule has 1 unspecified atom stereocenters. The molecule has 0 fully saturated rings. The molecule has 1 aromatic heterocycles. The Morgan fingerprint density at radius 3 is 2.41 bits per heavy atom. The van der Waals surface area contributed by atoms with Gasteiger partial charge in [0.25, 0.3) is 0 Å². The van der Waals surface area contributed by atoms with E-state index < -0.39 is 23.5 Å². The monoisotopic (exact) mass is 442 g/mol. The number of unbranched alkanes of at least 4 members (excludes halogenated alkanes) is 1. The van der Waals surface area contributed by atoms with Crippen molar-refractivity contribution in [1.29, 1.82) is 0 Å². The number of anilines is 1. The lowest BCUT2D eigenvalue weighted by Gasteiger charge is -2.23. The molecule has 0 saturated heterocycles. The minimum Gasteiger partial charge on any atom is -0.464 e. The summed E-state index contributed by atoms with van der Waals surface area (Å²) in [5.41, 5.74) is 0.147. The zero-order chi connectivity index (χ0) is 23.7. The largest absolute Gasteiger partial charge is 0.464 e. The summed E-state index contributed by atoms with van der Waals surface area (Å²) >= 11 is 0. The van der Waals surface area contributed by atoms with E-state index in [1.165, 1.54) is 6.33 Å². The molecule has 2 rings (SSSR count). The molecular weight excluding hydrogens is 408 g/mol. The van der Waals surface area contributed by atoms with Gasteiger partial charge in [0.05, 0.1) is 12.9 Å². The van der Waals surface area contributed by atoms with Crippen LogP contribution in [0.4, 0.5) is 5.82 Å². The van der Waals surface area contributed by atoms with Crippen LogP contribution in [-0.2, 0) is 19.1 Å². The average Bonchev–Trinajstić information content (AvgIpc) is 3.19. The highest BCUT2D eigenvalue weighted by atomic mass is 16.5. The fourth-order valence-electron chi connectivity index (χ4n) is 3.09. The molecule has 0 aliphatic carbocycles. The number of nitrogens with zero attached hydrogens (tertiary/aromatic N) is 2. The maximum atomic E-state index is 12.9. The van der Waals surface area contributed by atoms with Gasteiger partial charge in [0.1, 0.15) is 6.04 Å². The van der Waals surface area contributed by atoms with Crippen LogP contribution in [0.3, 0.4) is 0 Å². The first-order valence-corrected chi connectivity index (χ1v) is 11.0. The molecule has 2 atom stereocenters. The Kier molecular flexibility index (Phi) is 8.99. The first-order valence-electron chi connectivity index (χ1n) is 11.0. The first-order chi connectivity index (χ1) is 15.2. The zero-order valence-electron chi connectivity index (χ0n) is 19.6. The number of rotatable bonds is 10. The van der Waals surface area contributed by atoms with Crippen LogP contribution in [-0.4, -0.2) is 40.0 Å². The Hall–Kier alpha value is -3.16. The number of benzene rings is 1. The van der Waals surface area contributed by atoms with Crippen molar-refractivity contribution in [3.63, 3.8) is 0 Å². The minimum absolute atomic E-state index is 0.189. The molecule has 8 nitrogen and oxygen atoms in total. The van der Waals surface area contributed by atoms with Gasteiger partial charge in [0.2, 0.25) is 11.8 Å². The molecule has 174 valence electrons. The van der Waals surface area contributed by atoms with Gasteiger partial charge in [-0.1, -0.05) is 70.9 Å². The van der Waals surface area contributed by atoms with E-state index in [1.807, 2.05) is 37.3 Å². The Labute approximate surface area is 189 Å². The van der Waals surface area contributed by atoms with Gasteiger partial charge in [0.15, 0.2) is 11.9 Å². The van der Waals surface area contributed by atoms with E-state index in [0.717, 1.165) is 18.4 Å². The Balaban J connectivity index is 2.20. The van der Waals surface area contributed by atoms with Crippen LogP contribution in [0, 0.1) is 5.41 Å². The molecule has 1 aromatic carbocycles. The van der Waals surface area contributed by atoms with E-state index in [1.54, 1.807) is 38.5 Å². The summed E-state index contributed by atoms with van der Waals surface area (Å²) in [5, 5.41) is 5.61. The Morgan fingerprint density at radius 2 is 1.81 bits per heavy atom. The van der Waals surface area contributed by atoms with Gasteiger partial charge in [0, 0.05) is 11.6 Å². The van der Waals surface area contributed by atoms with Crippen molar-refractivity contribution in [3.8, 4) is 0 Å². The van der Waals surface area contributed by atoms with Crippen LogP contribution in [0.25, 0.3) is 0 Å². The van der Waals surface area contributed by atoms with Gasteiger partial charge < -0.3 is 19.9 Å². The van der Waals surface area contributed by atoms with Gasteiger partial charge in [-0.3, -0.25) is 9.59 Å². The Morgan fingerprint density at radius 1 is 1.12 bits per heavy atom. The number of aromatic nitrogens is 2. The van der Waals surface area contributed by atoms with Crippen LogP contribution in [0.15, 0.2) is 42.9 Å². The van der Waals surface area contributed by atoms with Crippen LogP contribution in [0.2, 0.25) is 0 Å². The molecule has 0 aliphatic rings. The molecule has 0 radical (unpaired) electrons. The van der Waals surface area contributed by atoms with E-state index in [9.17, 15) is 14.4 Å². The number of hydrogen-bond donors (Lipinski definition) is 2. The van der Waals surface area contributed by atoms with Crippen molar-refractivity contribution >= 4 is 23.6 Å². The molecule has 2 N–H and O–H groups in total. The van der Waals surface area contributed by atoms with E-state index in [-0.39, 0.29) is 18.4 Å². The normalized spacial score (nSPS) is 13.2. The molecule has 0 bridgehead atoms. The Bertz CT molecular complexity index is 902. The number of amides is 2. The molecule has 1 heterocycles. The fourth-order valence-corrected chi connectivity index (χ4v) is 3.09. The molecule has 0 aliphatic heterocycles. The summed E-state index contributed by atoms with van der Waals surface area (Å²) in [6.45, 7) is 9.45. The highest BCUT2D eigenvalue weighted by molar-refractivity contribution is 5.97. The van der Waals surface area contributed by atoms with Gasteiger partial charge in [-0.25, -0.2) is 9.78 Å². The van der Waals surface area contributed by atoms with Crippen molar-refractivity contribution < 1.29 is 19.1 Å². The highest BCUT2D eigenvalue weighted by Crippen LogP contribution is 2.22. The maximum absolute atomic E-state index is 12.9. The molecule has 2 aromatic rings. The highest BCUT2D eigenvalue weighted by Gasteiger charge is 2.28. The lowest BCUT2D eigenvalue weighted by molar-refractivity contribution is -0.145. The second-order valence-electron chi connectivity index (χ2n) is 8.68. The summed E-state index contributed by atoms with van der Waals surface area (Å²) in [6.07, 6.45) is 5.31. The molecule has 0 spiro atoms. The lowest BCUT2D eigenvalue weighted by Crippen LogP contribution is -2.47. The lowest BCUT2D eigenvalue weighted by atomic mass is 9.94. The number of esters is 1. The van der Waals surface area contributed by atoms with Gasteiger partial charge in [-0.15, -0.1) is 0 Å². The van der Waals surface area contributed by atoms with Crippen LogP contribution < -0.4 is 10.6 Å². The van der Waals surface area contributed by atoms with Crippen molar-refractivity contribution in [2.24, 2.45) is 5.41 Å². The minimum atomic E-state index is -0.717. The van der Waals surface area contributed by atoms with Crippen LogP contribution in [0.1, 0.15) is 65.5 Å². The summed E-state index contributed by atoms with van der Waals surface area (Å²) in [5.74, 6) is -0.640. The number of ether oxygens (including phenoxy) is 1. The third-order valence-corrected chi connectivity index (χ3v) is 4.93. The number of hydrogen-bond acceptors (Lipinski definition) is 5. The van der Waals surface area contributed by atoms with Crippen LogP contribution in [0.5, 0.6) is 0 Å². The molecular formula is C24H34N4O4. The van der Waals surface area contributed by atoms with E-state index in [0.29, 0.717) is 12.2 Å². The quantitative estimate of drug-likeness (QED) is 0.546. The molecule has 2 amide bonds. The number of imidazole rings is 1. The maximum Gasteiger partial charge on any atom is 0.333 e. The molecule has 32 heavy (non-hydrogen) atoms. The number of carbonyl (C=O) groups is 3. The second-order valence-corrected chi connectivity index (χ2v) is 8.68. The SMILES string of the molecule is CCCC[C@@H](NC(=O)C(C)(C)C)C(=O)Nc1cn(C(C(=O)OCC)c2ccccc2)cn1. The number of nitrogens with one attached hydrogen (secondary N) is 2. The van der Waals surface area contributed by atoms with Crippen molar-refractivity contribution in [2.75, 3.05) is 11.9 Å². The third-order valence-electron chi connectivity index (χ3n) is 4.93.